The molecule has 26 heavy (non-hydrogen) atoms. The number of nitrogens with one attached hydrogen (secondary N) is 2. The smallest absolute Gasteiger partial charge is 0.191 e. The van der Waals surface area contributed by atoms with Gasteiger partial charge in [0.25, 0.3) is 0 Å². The van der Waals surface area contributed by atoms with Crippen molar-refractivity contribution in [2.45, 2.75) is 64.5 Å². The first-order valence-electron chi connectivity index (χ1n) is 10.1. The van der Waals surface area contributed by atoms with Gasteiger partial charge in [0.15, 0.2) is 5.96 Å². The second kappa shape index (κ2) is 13.1. The monoisotopic (exact) mass is 482 g/mol. The summed E-state index contributed by atoms with van der Waals surface area (Å²) in [7, 11) is 0. The highest BCUT2D eigenvalue weighted by atomic mass is 127. The van der Waals surface area contributed by atoms with Crippen LogP contribution in [0.25, 0.3) is 0 Å². The van der Waals surface area contributed by atoms with Crippen LogP contribution in [0.5, 0.6) is 0 Å². The zero-order valence-electron chi connectivity index (χ0n) is 16.9. The zero-order chi connectivity index (χ0) is 18.0. The second-order valence-corrected chi connectivity index (χ2v) is 7.66. The maximum atomic E-state index is 5.92. The Morgan fingerprint density at radius 3 is 2.54 bits per heavy atom. The van der Waals surface area contributed by atoms with Gasteiger partial charge in [-0.2, -0.15) is 0 Å². The molecule has 0 atom stereocenters. The van der Waals surface area contributed by atoms with Crippen molar-refractivity contribution in [2.75, 3.05) is 52.5 Å². The third-order valence-corrected chi connectivity index (χ3v) is 5.10. The Morgan fingerprint density at radius 1 is 1.19 bits per heavy atom. The number of ether oxygens (including phenoxy) is 2. The molecule has 7 heteroatoms. The van der Waals surface area contributed by atoms with Crippen LogP contribution in [0.1, 0.15) is 52.9 Å². The average Bonchev–Trinajstić information content (AvgIpc) is 3.13. The summed E-state index contributed by atoms with van der Waals surface area (Å²) in [4.78, 5) is 7.28. The molecule has 0 spiro atoms. The first-order chi connectivity index (χ1) is 12.1. The van der Waals surface area contributed by atoms with E-state index in [9.17, 15) is 0 Å². The van der Waals surface area contributed by atoms with E-state index in [2.05, 4.69) is 36.3 Å². The number of morpholine rings is 1. The van der Waals surface area contributed by atoms with E-state index < -0.39 is 0 Å². The number of guanidine groups is 1. The molecule has 2 N–H and O–H groups in total. The number of hydrogen-bond acceptors (Lipinski definition) is 4. The first-order valence-corrected chi connectivity index (χ1v) is 10.1. The molecule has 0 radical (unpaired) electrons. The van der Waals surface area contributed by atoms with Crippen molar-refractivity contribution in [1.29, 1.82) is 0 Å². The molecule has 154 valence electrons. The normalized spacial score (nSPS) is 20.0. The van der Waals surface area contributed by atoms with Crippen molar-refractivity contribution >= 4 is 29.9 Å². The minimum absolute atomic E-state index is 0. The van der Waals surface area contributed by atoms with Crippen LogP contribution in [0, 0.1) is 0 Å². The van der Waals surface area contributed by atoms with Crippen LogP contribution in [-0.4, -0.2) is 75.0 Å². The molecule has 0 amide bonds. The Morgan fingerprint density at radius 2 is 1.88 bits per heavy atom. The minimum Gasteiger partial charge on any atom is -0.379 e. The van der Waals surface area contributed by atoms with Crippen LogP contribution in [0.2, 0.25) is 0 Å². The molecular formula is C19H39IN4O2. The van der Waals surface area contributed by atoms with Crippen molar-refractivity contribution in [3.8, 4) is 0 Å². The van der Waals surface area contributed by atoms with E-state index in [-0.39, 0.29) is 29.5 Å². The Hall–Kier alpha value is -0.120. The van der Waals surface area contributed by atoms with Gasteiger partial charge in [-0.05, 0) is 40.0 Å². The van der Waals surface area contributed by atoms with Gasteiger partial charge in [-0.3, -0.25) is 9.89 Å². The van der Waals surface area contributed by atoms with Gasteiger partial charge in [0.2, 0.25) is 0 Å². The van der Waals surface area contributed by atoms with Gasteiger partial charge in [-0.15, -0.1) is 24.0 Å². The fraction of sp³-hybridized carbons (Fsp3) is 0.947. The summed E-state index contributed by atoms with van der Waals surface area (Å²) in [6.45, 7) is 13.7. The molecule has 2 aliphatic rings. The van der Waals surface area contributed by atoms with Gasteiger partial charge in [0.05, 0.1) is 25.9 Å². The van der Waals surface area contributed by atoms with E-state index >= 15 is 0 Å². The van der Waals surface area contributed by atoms with Crippen molar-refractivity contribution in [3.63, 3.8) is 0 Å². The number of aliphatic imine (C=N–C) groups is 1. The highest BCUT2D eigenvalue weighted by molar-refractivity contribution is 14.0. The standard InChI is InChI=1S/C19H38N4O2.HI/c1-4-20-18(21-10-7-13-25-17-8-5-6-9-17)22-16-19(2,3)23-11-14-24-15-12-23;/h17H,4-16H2,1-3H3,(H2,20,21,22);1H. The van der Waals surface area contributed by atoms with Crippen LogP contribution in [0.3, 0.4) is 0 Å². The van der Waals surface area contributed by atoms with Gasteiger partial charge in [-0.1, -0.05) is 12.8 Å². The molecule has 1 heterocycles. The molecule has 0 aromatic heterocycles. The van der Waals surface area contributed by atoms with E-state index in [4.69, 9.17) is 14.5 Å². The lowest BCUT2D eigenvalue weighted by Gasteiger charge is -2.39. The van der Waals surface area contributed by atoms with Crippen LogP contribution in [0.4, 0.5) is 0 Å². The molecule has 2 fully saturated rings. The van der Waals surface area contributed by atoms with Crippen LogP contribution in [-0.2, 0) is 9.47 Å². The molecule has 1 aliphatic heterocycles. The van der Waals surface area contributed by atoms with Crippen molar-refractivity contribution < 1.29 is 9.47 Å². The van der Waals surface area contributed by atoms with E-state index in [1.54, 1.807) is 0 Å². The summed E-state index contributed by atoms with van der Waals surface area (Å²) in [5, 5.41) is 6.78. The average molecular weight is 482 g/mol. The Balaban J connectivity index is 0.00000338. The fourth-order valence-electron chi connectivity index (χ4n) is 3.47. The summed E-state index contributed by atoms with van der Waals surface area (Å²) < 4.78 is 11.4. The lowest BCUT2D eigenvalue weighted by atomic mass is 10.0. The topological polar surface area (TPSA) is 58.1 Å². The van der Waals surface area contributed by atoms with Gasteiger partial charge in [0.1, 0.15) is 0 Å². The van der Waals surface area contributed by atoms with Crippen LogP contribution >= 0.6 is 24.0 Å². The summed E-state index contributed by atoms with van der Waals surface area (Å²) in [6, 6.07) is 0. The Kier molecular flexibility index (Phi) is 12.1. The molecule has 6 nitrogen and oxygen atoms in total. The quantitative estimate of drug-likeness (QED) is 0.229. The van der Waals surface area contributed by atoms with Crippen molar-refractivity contribution in [2.24, 2.45) is 4.99 Å². The summed E-state index contributed by atoms with van der Waals surface area (Å²) >= 11 is 0. The first kappa shape index (κ1) is 23.9. The van der Waals surface area contributed by atoms with Gasteiger partial charge in [-0.25, -0.2) is 0 Å². The SMILES string of the molecule is CCNC(=NCC(C)(C)N1CCOCC1)NCCCOC1CCCC1.I. The second-order valence-electron chi connectivity index (χ2n) is 7.66. The largest absolute Gasteiger partial charge is 0.379 e. The molecular weight excluding hydrogens is 443 g/mol. The van der Waals surface area contributed by atoms with E-state index in [1.165, 1.54) is 25.7 Å². The highest BCUT2D eigenvalue weighted by Gasteiger charge is 2.28. The van der Waals surface area contributed by atoms with Crippen LogP contribution in [0.15, 0.2) is 4.99 Å². The summed E-state index contributed by atoms with van der Waals surface area (Å²) in [6.07, 6.45) is 6.69. The number of hydrogen-bond donors (Lipinski definition) is 2. The Bertz CT molecular complexity index is 395. The molecule has 0 unspecified atom stereocenters. The van der Waals surface area contributed by atoms with Crippen molar-refractivity contribution in [3.05, 3.63) is 0 Å². The Labute approximate surface area is 176 Å². The lowest BCUT2D eigenvalue weighted by Crippen LogP contribution is -2.52. The minimum atomic E-state index is 0. The molecule has 1 saturated heterocycles. The predicted molar refractivity (Wildman–Crippen MR) is 119 cm³/mol. The fourth-order valence-corrected chi connectivity index (χ4v) is 3.47. The summed E-state index contributed by atoms with van der Waals surface area (Å²) in [5.41, 5.74) is 0.0533. The van der Waals surface area contributed by atoms with Crippen LogP contribution < -0.4 is 10.6 Å². The number of halogens is 1. The van der Waals surface area contributed by atoms with E-state index in [1.807, 2.05) is 0 Å². The molecule has 0 bridgehead atoms. The van der Waals surface area contributed by atoms with Gasteiger partial charge in [0, 0.05) is 38.3 Å². The third-order valence-electron chi connectivity index (χ3n) is 5.10. The van der Waals surface area contributed by atoms with Gasteiger partial charge >= 0.3 is 0 Å². The predicted octanol–water partition coefficient (Wildman–Crippen LogP) is 2.62. The summed E-state index contributed by atoms with van der Waals surface area (Å²) in [5.74, 6) is 0.907. The molecule has 0 aromatic rings. The lowest BCUT2D eigenvalue weighted by molar-refractivity contribution is -0.00683. The van der Waals surface area contributed by atoms with E-state index in [0.717, 1.165) is 64.9 Å². The van der Waals surface area contributed by atoms with Gasteiger partial charge < -0.3 is 20.1 Å². The zero-order valence-corrected chi connectivity index (χ0v) is 19.2. The molecule has 1 saturated carbocycles. The molecule has 1 aliphatic carbocycles. The maximum Gasteiger partial charge on any atom is 0.191 e. The highest BCUT2D eigenvalue weighted by Crippen LogP contribution is 2.20. The maximum absolute atomic E-state index is 5.92. The molecule has 2 rings (SSSR count). The molecule has 0 aromatic carbocycles. The number of nitrogens with zero attached hydrogens (tertiary/aromatic N) is 2. The van der Waals surface area contributed by atoms with Crippen molar-refractivity contribution in [1.82, 2.24) is 15.5 Å². The third kappa shape index (κ3) is 8.71. The number of rotatable bonds is 9. The van der Waals surface area contributed by atoms with E-state index in [0.29, 0.717) is 6.10 Å².